The van der Waals surface area contributed by atoms with Gasteiger partial charge < -0.3 is 15.7 Å². The Bertz CT molecular complexity index is 882. The molecule has 0 aliphatic heterocycles. The molecular weight excluding hydrogens is 402 g/mol. The van der Waals surface area contributed by atoms with Gasteiger partial charge in [0.25, 0.3) is 0 Å². The molecule has 0 aliphatic rings. The standard InChI is InChI=1S/C26H37N3O3/c1-4-6-8-17-28-26(32)29(3)22-11-9-10-21(19-22)23-14-12-20(13-15-25(30)31)18-24(23)27-16-7-5-2/h9-12,14,18-19,27H,4-8,13,15-17H2,1-3H3,(H,28,32)(H,30,31). The molecule has 2 amide bonds. The van der Waals surface area contributed by atoms with Crippen LogP contribution in [0.4, 0.5) is 16.2 Å². The maximum absolute atomic E-state index is 12.5. The molecule has 0 saturated heterocycles. The number of nitrogens with zero attached hydrogens (tertiary/aromatic N) is 1. The highest BCUT2D eigenvalue weighted by molar-refractivity contribution is 5.92. The number of aryl methyl sites for hydroxylation is 1. The molecule has 0 aromatic heterocycles. The normalized spacial score (nSPS) is 10.6. The van der Waals surface area contributed by atoms with Crippen LogP contribution in [0.2, 0.25) is 0 Å². The fraction of sp³-hybridized carbons (Fsp3) is 0.462. The van der Waals surface area contributed by atoms with Gasteiger partial charge in [0.2, 0.25) is 0 Å². The fourth-order valence-corrected chi connectivity index (χ4v) is 3.48. The maximum Gasteiger partial charge on any atom is 0.321 e. The number of carboxylic acids is 1. The number of hydrogen-bond acceptors (Lipinski definition) is 3. The number of rotatable bonds is 13. The van der Waals surface area contributed by atoms with E-state index < -0.39 is 5.97 Å². The lowest BCUT2D eigenvalue weighted by molar-refractivity contribution is -0.136. The van der Waals surface area contributed by atoms with Crippen molar-refractivity contribution in [2.45, 2.75) is 58.8 Å². The summed E-state index contributed by atoms with van der Waals surface area (Å²) in [6.45, 7) is 5.83. The third kappa shape index (κ3) is 7.91. The topological polar surface area (TPSA) is 81.7 Å². The van der Waals surface area contributed by atoms with Crippen molar-refractivity contribution in [3.8, 4) is 11.1 Å². The smallest absolute Gasteiger partial charge is 0.321 e. The van der Waals surface area contributed by atoms with Crippen LogP contribution in [0, 0.1) is 0 Å². The number of carbonyl (C=O) groups excluding carboxylic acids is 1. The van der Waals surface area contributed by atoms with Crippen LogP contribution in [-0.2, 0) is 11.2 Å². The van der Waals surface area contributed by atoms with Gasteiger partial charge in [0.05, 0.1) is 0 Å². The van der Waals surface area contributed by atoms with Crippen LogP contribution in [-0.4, -0.2) is 37.2 Å². The molecule has 0 atom stereocenters. The van der Waals surface area contributed by atoms with Gasteiger partial charge in [0, 0.05) is 43.5 Å². The number of hydrogen-bond donors (Lipinski definition) is 3. The predicted octanol–water partition coefficient (Wildman–Crippen LogP) is 5.92. The van der Waals surface area contributed by atoms with Crippen molar-refractivity contribution in [2.75, 3.05) is 30.4 Å². The van der Waals surface area contributed by atoms with Gasteiger partial charge in [-0.05, 0) is 48.6 Å². The number of carbonyl (C=O) groups is 2. The van der Waals surface area contributed by atoms with Crippen LogP contribution in [0.3, 0.4) is 0 Å². The molecule has 174 valence electrons. The number of unbranched alkanes of at least 4 members (excludes halogenated alkanes) is 3. The van der Waals surface area contributed by atoms with Crippen molar-refractivity contribution in [1.29, 1.82) is 0 Å². The molecule has 0 bridgehead atoms. The lowest BCUT2D eigenvalue weighted by Crippen LogP contribution is -2.37. The van der Waals surface area contributed by atoms with Gasteiger partial charge in [-0.15, -0.1) is 0 Å². The van der Waals surface area contributed by atoms with Crippen LogP contribution in [0.5, 0.6) is 0 Å². The summed E-state index contributed by atoms with van der Waals surface area (Å²) in [6, 6.07) is 13.9. The number of urea groups is 1. The predicted molar refractivity (Wildman–Crippen MR) is 133 cm³/mol. The zero-order chi connectivity index (χ0) is 23.3. The van der Waals surface area contributed by atoms with Crippen molar-refractivity contribution in [2.24, 2.45) is 0 Å². The Hall–Kier alpha value is -3.02. The average molecular weight is 440 g/mol. The molecular formula is C26H37N3O3. The second kappa shape index (κ2) is 13.4. The first-order valence-electron chi connectivity index (χ1n) is 11.7. The van der Waals surface area contributed by atoms with Crippen molar-refractivity contribution in [1.82, 2.24) is 5.32 Å². The molecule has 0 unspecified atom stereocenters. The molecule has 0 heterocycles. The zero-order valence-corrected chi connectivity index (χ0v) is 19.6. The SMILES string of the molecule is CCCCCNC(=O)N(C)c1cccc(-c2ccc(CCC(=O)O)cc2NCCCC)c1. The first-order valence-corrected chi connectivity index (χ1v) is 11.7. The highest BCUT2D eigenvalue weighted by atomic mass is 16.4. The van der Waals surface area contributed by atoms with E-state index in [4.69, 9.17) is 5.11 Å². The molecule has 0 aliphatic carbocycles. The van der Waals surface area contributed by atoms with Crippen LogP contribution in [0.25, 0.3) is 11.1 Å². The highest BCUT2D eigenvalue weighted by Gasteiger charge is 2.13. The molecule has 32 heavy (non-hydrogen) atoms. The second-order valence-electron chi connectivity index (χ2n) is 8.10. The van der Waals surface area contributed by atoms with Gasteiger partial charge in [-0.2, -0.15) is 0 Å². The van der Waals surface area contributed by atoms with Gasteiger partial charge in [0.15, 0.2) is 0 Å². The quantitative estimate of drug-likeness (QED) is 0.338. The van der Waals surface area contributed by atoms with Crippen LogP contribution < -0.4 is 15.5 Å². The van der Waals surface area contributed by atoms with E-state index in [-0.39, 0.29) is 12.5 Å². The number of carboxylic acid groups (broad SMARTS) is 1. The van der Waals surface area contributed by atoms with Crippen LogP contribution in [0.15, 0.2) is 42.5 Å². The highest BCUT2D eigenvalue weighted by Crippen LogP contribution is 2.32. The van der Waals surface area contributed by atoms with E-state index in [2.05, 4.69) is 24.5 Å². The van der Waals surface area contributed by atoms with Gasteiger partial charge in [-0.25, -0.2) is 4.79 Å². The Kier molecular flexibility index (Phi) is 10.6. The minimum atomic E-state index is -0.793. The number of anilines is 2. The van der Waals surface area contributed by atoms with Crippen LogP contribution in [0.1, 0.15) is 57.9 Å². The summed E-state index contributed by atoms with van der Waals surface area (Å²) in [5.74, 6) is -0.793. The average Bonchev–Trinajstić information content (AvgIpc) is 2.80. The molecule has 2 aromatic carbocycles. The van der Waals surface area contributed by atoms with Crippen LogP contribution >= 0.6 is 0 Å². The molecule has 6 heteroatoms. The monoisotopic (exact) mass is 439 g/mol. The second-order valence-corrected chi connectivity index (χ2v) is 8.10. The molecule has 3 N–H and O–H groups in total. The summed E-state index contributed by atoms with van der Waals surface area (Å²) in [5.41, 5.74) is 4.86. The molecule has 0 fully saturated rings. The molecule has 2 aromatic rings. The lowest BCUT2D eigenvalue weighted by atomic mass is 9.99. The van der Waals surface area contributed by atoms with Crippen molar-refractivity contribution < 1.29 is 14.7 Å². The Morgan fingerprint density at radius 2 is 1.75 bits per heavy atom. The minimum Gasteiger partial charge on any atom is -0.481 e. The van der Waals surface area contributed by atoms with Crippen molar-refractivity contribution in [3.63, 3.8) is 0 Å². The lowest BCUT2D eigenvalue weighted by Gasteiger charge is -2.20. The summed E-state index contributed by atoms with van der Waals surface area (Å²) < 4.78 is 0. The third-order valence-corrected chi connectivity index (χ3v) is 5.46. The van der Waals surface area contributed by atoms with Gasteiger partial charge in [-0.1, -0.05) is 57.4 Å². The largest absolute Gasteiger partial charge is 0.481 e. The molecule has 0 radical (unpaired) electrons. The summed E-state index contributed by atoms with van der Waals surface area (Å²) in [6.07, 6.45) is 5.97. The minimum absolute atomic E-state index is 0.108. The molecule has 0 saturated carbocycles. The first kappa shape index (κ1) is 25.2. The van der Waals surface area contributed by atoms with E-state index in [1.807, 2.05) is 42.5 Å². The number of benzene rings is 2. The van der Waals surface area contributed by atoms with E-state index >= 15 is 0 Å². The van der Waals surface area contributed by atoms with Gasteiger partial charge in [-0.3, -0.25) is 9.69 Å². The zero-order valence-electron chi connectivity index (χ0n) is 19.6. The summed E-state index contributed by atoms with van der Waals surface area (Å²) >= 11 is 0. The number of aliphatic carboxylic acids is 1. The Morgan fingerprint density at radius 1 is 0.969 bits per heavy atom. The third-order valence-electron chi connectivity index (χ3n) is 5.46. The summed E-state index contributed by atoms with van der Waals surface area (Å²) in [5, 5.41) is 15.5. The Morgan fingerprint density at radius 3 is 2.47 bits per heavy atom. The molecule has 6 nitrogen and oxygen atoms in total. The van der Waals surface area contributed by atoms with Crippen molar-refractivity contribution >= 4 is 23.4 Å². The Balaban J connectivity index is 2.23. The van der Waals surface area contributed by atoms with E-state index in [1.54, 1.807) is 11.9 Å². The first-order chi connectivity index (χ1) is 15.5. The fourth-order valence-electron chi connectivity index (χ4n) is 3.48. The van der Waals surface area contributed by atoms with E-state index in [9.17, 15) is 9.59 Å². The van der Waals surface area contributed by atoms with E-state index in [1.165, 1.54) is 0 Å². The van der Waals surface area contributed by atoms with Crippen molar-refractivity contribution in [3.05, 3.63) is 48.0 Å². The summed E-state index contributed by atoms with van der Waals surface area (Å²) in [4.78, 5) is 25.1. The number of amides is 2. The number of nitrogens with one attached hydrogen (secondary N) is 2. The molecule has 0 spiro atoms. The molecule has 2 rings (SSSR count). The summed E-state index contributed by atoms with van der Waals surface area (Å²) in [7, 11) is 1.78. The van der Waals surface area contributed by atoms with Gasteiger partial charge in [0.1, 0.15) is 0 Å². The Labute approximate surface area is 192 Å². The van der Waals surface area contributed by atoms with E-state index in [0.717, 1.165) is 66.7 Å². The van der Waals surface area contributed by atoms with Gasteiger partial charge >= 0.3 is 12.0 Å². The maximum atomic E-state index is 12.5. The van der Waals surface area contributed by atoms with E-state index in [0.29, 0.717) is 13.0 Å².